The number of nitrogens with one attached hydrogen (secondary N) is 2. The molecule has 0 aliphatic heterocycles. The minimum atomic E-state index is -0.0607. The Kier molecular flexibility index (Phi) is 7.64. The quantitative estimate of drug-likeness (QED) is 0.157. The molecule has 11 rings (SSSR count). The van der Waals surface area contributed by atoms with Gasteiger partial charge in [-0.15, -0.1) is 0 Å². The zero-order valence-electron chi connectivity index (χ0n) is 32.4. The summed E-state index contributed by atoms with van der Waals surface area (Å²) in [6, 6.07) is 65.2. The Balaban J connectivity index is 0.895. The fourth-order valence-corrected chi connectivity index (χ4v) is 9.34. The lowest BCUT2D eigenvalue weighted by molar-refractivity contribution is 0.660. The lowest BCUT2D eigenvalue weighted by atomic mass is 9.81. The molecule has 0 amide bonds. The molecule has 0 fully saturated rings. The van der Waals surface area contributed by atoms with Gasteiger partial charge in [-0.3, -0.25) is 4.68 Å². The second-order valence-corrected chi connectivity index (χ2v) is 15.9. The molecule has 0 saturated heterocycles. The summed E-state index contributed by atoms with van der Waals surface area (Å²) in [6.07, 6.45) is 3.72. The maximum absolute atomic E-state index is 9.06. The first-order chi connectivity index (χ1) is 28.4. The second kappa shape index (κ2) is 13.1. The molecular weight excluding hydrogens is 705 g/mol. The molecule has 10 aromatic rings. The van der Waals surface area contributed by atoms with Gasteiger partial charge in [-0.1, -0.05) is 135 Å². The van der Waals surface area contributed by atoms with E-state index in [1.54, 1.807) is 0 Å². The molecule has 0 atom stereocenters. The molecule has 0 unspecified atom stereocenters. The molecule has 58 heavy (non-hydrogen) atoms. The Morgan fingerprint density at radius 3 is 1.86 bits per heavy atom. The normalized spacial score (nSPS) is 13.1. The first kappa shape index (κ1) is 33.9. The van der Waals surface area contributed by atoms with Crippen molar-refractivity contribution in [3.05, 3.63) is 211 Å². The number of allylic oxidation sites excluding steroid dienone is 1. The van der Waals surface area contributed by atoms with Crippen molar-refractivity contribution in [2.24, 2.45) is 0 Å². The third kappa shape index (κ3) is 5.26. The number of aromatic nitrogens is 2. The monoisotopic (exact) mass is 744 g/mol. The number of rotatable bonds is 7. The van der Waals surface area contributed by atoms with E-state index in [0.717, 1.165) is 27.8 Å². The molecule has 2 N–H and O–H groups in total. The molecule has 2 aromatic heterocycles. The largest absolute Gasteiger partial charge is 0.309 e. The Bertz CT molecular complexity index is 3300. The number of nitrogens with zero attached hydrogens (tertiary/aromatic N) is 2. The Hall–Kier alpha value is -7.43. The van der Waals surface area contributed by atoms with Crippen molar-refractivity contribution < 1.29 is 0 Å². The average Bonchev–Trinajstić information content (AvgIpc) is 3.86. The van der Waals surface area contributed by atoms with Crippen LogP contribution in [-0.4, -0.2) is 15.0 Å². The average molecular weight is 745 g/mol. The van der Waals surface area contributed by atoms with E-state index in [9.17, 15) is 0 Å². The zero-order chi connectivity index (χ0) is 39.0. The summed E-state index contributed by atoms with van der Waals surface area (Å²) >= 11 is 0. The van der Waals surface area contributed by atoms with E-state index in [4.69, 9.17) is 5.41 Å². The maximum Gasteiger partial charge on any atom is 0.0710 e. The highest BCUT2D eigenvalue weighted by Crippen LogP contribution is 2.49. The van der Waals surface area contributed by atoms with Crippen LogP contribution < -0.4 is 5.43 Å². The smallest absolute Gasteiger partial charge is 0.0710 e. The second-order valence-electron chi connectivity index (χ2n) is 15.9. The van der Waals surface area contributed by atoms with Crippen LogP contribution in [0.2, 0.25) is 0 Å². The first-order valence-corrected chi connectivity index (χ1v) is 19.9. The zero-order valence-corrected chi connectivity index (χ0v) is 32.4. The van der Waals surface area contributed by atoms with Crippen LogP contribution in [0.5, 0.6) is 0 Å². The van der Waals surface area contributed by atoms with Crippen molar-refractivity contribution in [3.63, 3.8) is 0 Å². The third-order valence-electron chi connectivity index (χ3n) is 12.2. The summed E-state index contributed by atoms with van der Waals surface area (Å²) in [6.45, 7) is 4.63. The van der Waals surface area contributed by atoms with Crippen LogP contribution in [0.1, 0.15) is 30.5 Å². The van der Waals surface area contributed by atoms with E-state index in [2.05, 4.69) is 204 Å². The Morgan fingerprint density at radius 2 is 1.05 bits per heavy atom. The van der Waals surface area contributed by atoms with Gasteiger partial charge in [0.2, 0.25) is 0 Å². The first-order valence-electron chi connectivity index (χ1n) is 19.9. The van der Waals surface area contributed by atoms with E-state index in [-0.39, 0.29) is 5.41 Å². The minimum Gasteiger partial charge on any atom is -0.309 e. The van der Waals surface area contributed by atoms with Gasteiger partial charge in [0.15, 0.2) is 0 Å². The fourth-order valence-electron chi connectivity index (χ4n) is 9.34. The van der Waals surface area contributed by atoms with Crippen molar-refractivity contribution in [2.75, 3.05) is 5.43 Å². The van der Waals surface area contributed by atoms with Crippen molar-refractivity contribution in [1.29, 1.82) is 5.41 Å². The molecule has 1 aliphatic rings. The van der Waals surface area contributed by atoms with Gasteiger partial charge in [-0.2, -0.15) is 0 Å². The van der Waals surface area contributed by atoms with Crippen molar-refractivity contribution in [1.82, 2.24) is 9.24 Å². The number of benzene rings is 8. The van der Waals surface area contributed by atoms with Gasteiger partial charge in [-0.05, 0) is 111 Å². The molecular formula is C54H40N4. The molecule has 0 bridgehead atoms. The van der Waals surface area contributed by atoms with E-state index in [1.165, 1.54) is 71.5 Å². The highest BCUT2D eigenvalue weighted by Gasteiger charge is 2.35. The van der Waals surface area contributed by atoms with Crippen LogP contribution in [0.4, 0.5) is 0 Å². The summed E-state index contributed by atoms with van der Waals surface area (Å²) in [5, 5.41) is 13.9. The van der Waals surface area contributed by atoms with Gasteiger partial charge in [0.05, 0.1) is 27.8 Å². The van der Waals surface area contributed by atoms with E-state index in [1.807, 2.05) is 18.3 Å². The molecule has 4 nitrogen and oxygen atoms in total. The van der Waals surface area contributed by atoms with Crippen molar-refractivity contribution in [3.8, 4) is 39.1 Å². The predicted molar refractivity (Wildman–Crippen MR) is 244 cm³/mol. The standard InChI is InChI=1S/C54H40N4/c1-54(2)47-20-9-6-17-41(47)42-26-23-38(34-48(42)54)35-13-12-14-39(31-35)49(55)29-30-56-58-52-22-11-8-19-44(52)46-33-37(25-28-53(46)58)36-24-27-51-45(32-36)43-18-7-10-21-50(43)57(51)40-15-4-3-5-16-40/h3-34,55-56H,1-2H3/b30-29-,55-49?. The SMILES string of the molecule is CC1(C)c2ccccc2-c2ccc(-c3cccc(C(=N)/C=C\Nn4c5ccccc5c5cc(-c6ccc7c(c6)c6ccccc6n7-c6ccccc6)ccc54)c3)cc21. The summed E-state index contributed by atoms with van der Waals surface area (Å²) in [5.74, 6) is 0. The third-order valence-corrected chi connectivity index (χ3v) is 12.2. The number of hydrogen-bond donors (Lipinski definition) is 2. The van der Waals surface area contributed by atoms with Gasteiger partial charge in [0.25, 0.3) is 0 Å². The molecule has 276 valence electrons. The van der Waals surface area contributed by atoms with Gasteiger partial charge >= 0.3 is 0 Å². The molecule has 2 heterocycles. The molecule has 8 aromatic carbocycles. The molecule has 0 radical (unpaired) electrons. The molecule has 1 aliphatic carbocycles. The van der Waals surface area contributed by atoms with E-state index in [0.29, 0.717) is 5.71 Å². The Morgan fingerprint density at radius 1 is 0.483 bits per heavy atom. The van der Waals surface area contributed by atoms with Gasteiger partial charge in [0, 0.05) is 44.4 Å². The topological polar surface area (TPSA) is 45.7 Å². The summed E-state index contributed by atoms with van der Waals surface area (Å²) in [5.41, 5.74) is 20.5. The minimum absolute atomic E-state index is 0.0607. The molecule has 0 saturated carbocycles. The van der Waals surface area contributed by atoms with Crippen LogP contribution in [0.3, 0.4) is 0 Å². The van der Waals surface area contributed by atoms with Crippen LogP contribution in [0.15, 0.2) is 194 Å². The van der Waals surface area contributed by atoms with Crippen LogP contribution in [-0.2, 0) is 5.41 Å². The number of hydrogen-bond acceptors (Lipinski definition) is 2. The van der Waals surface area contributed by atoms with Crippen molar-refractivity contribution >= 4 is 49.3 Å². The lowest BCUT2D eigenvalue weighted by Gasteiger charge is -2.22. The van der Waals surface area contributed by atoms with Gasteiger partial charge < -0.3 is 15.4 Å². The lowest BCUT2D eigenvalue weighted by Crippen LogP contribution is -2.14. The van der Waals surface area contributed by atoms with E-state index >= 15 is 0 Å². The number of fused-ring (bicyclic) bond motifs is 9. The predicted octanol–water partition coefficient (Wildman–Crippen LogP) is 13.7. The maximum atomic E-state index is 9.06. The van der Waals surface area contributed by atoms with Crippen LogP contribution in [0.25, 0.3) is 82.7 Å². The van der Waals surface area contributed by atoms with E-state index < -0.39 is 0 Å². The van der Waals surface area contributed by atoms with Gasteiger partial charge in [-0.25, -0.2) is 0 Å². The summed E-state index contributed by atoms with van der Waals surface area (Å²) in [4.78, 5) is 0. The molecule has 0 spiro atoms. The summed E-state index contributed by atoms with van der Waals surface area (Å²) < 4.78 is 4.48. The van der Waals surface area contributed by atoms with Crippen LogP contribution >= 0.6 is 0 Å². The van der Waals surface area contributed by atoms with Crippen LogP contribution in [0, 0.1) is 5.41 Å². The highest BCUT2D eigenvalue weighted by molar-refractivity contribution is 6.12. The van der Waals surface area contributed by atoms with Crippen molar-refractivity contribution in [2.45, 2.75) is 19.3 Å². The Labute approximate surface area is 337 Å². The highest BCUT2D eigenvalue weighted by atomic mass is 15.4. The van der Waals surface area contributed by atoms with Gasteiger partial charge in [0.1, 0.15) is 0 Å². The summed E-state index contributed by atoms with van der Waals surface area (Å²) in [7, 11) is 0. The molecule has 4 heteroatoms. The number of para-hydroxylation sites is 3. The fraction of sp³-hybridized carbons (Fsp3) is 0.0556.